The van der Waals surface area contributed by atoms with Crippen molar-refractivity contribution in [2.45, 2.75) is 38.6 Å². The number of nitrogens with one attached hydrogen (secondary N) is 1. The molecule has 1 aliphatic carbocycles. The number of amides is 1. The third-order valence-corrected chi connectivity index (χ3v) is 5.32. The van der Waals surface area contributed by atoms with Crippen LogP contribution >= 0.6 is 0 Å². The number of ether oxygens (including phenoxy) is 2. The molecule has 2 N–H and O–H groups in total. The molecule has 2 aromatic rings. The molecule has 1 amide bonds. The summed E-state index contributed by atoms with van der Waals surface area (Å²) in [6.45, 7) is 5.20. The first kappa shape index (κ1) is 21.8. The summed E-state index contributed by atoms with van der Waals surface area (Å²) in [5, 5.41) is 11.8. The van der Waals surface area contributed by atoms with Gasteiger partial charge in [-0.05, 0) is 34.6 Å². The second-order valence-electron chi connectivity index (χ2n) is 7.94. The topological polar surface area (TPSA) is 84.9 Å². The van der Waals surface area contributed by atoms with E-state index in [0.29, 0.717) is 12.5 Å². The number of rotatable bonds is 10. The molecule has 30 heavy (non-hydrogen) atoms. The molecular formula is C24H29NO5. The highest BCUT2D eigenvalue weighted by Gasteiger charge is 2.29. The Morgan fingerprint density at radius 2 is 1.53 bits per heavy atom. The molecule has 0 bridgehead atoms. The van der Waals surface area contributed by atoms with Crippen molar-refractivity contribution in [1.82, 2.24) is 5.32 Å². The van der Waals surface area contributed by atoms with Gasteiger partial charge in [0.1, 0.15) is 12.6 Å². The van der Waals surface area contributed by atoms with Crippen LogP contribution in [0, 0.1) is 5.92 Å². The van der Waals surface area contributed by atoms with Crippen LogP contribution in [0.15, 0.2) is 48.5 Å². The summed E-state index contributed by atoms with van der Waals surface area (Å²) in [6, 6.07) is 15.1. The van der Waals surface area contributed by atoms with Crippen molar-refractivity contribution >= 4 is 12.1 Å². The van der Waals surface area contributed by atoms with Gasteiger partial charge in [-0.15, -0.1) is 0 Å². The van der Waals surface area contributed by atoms with Crippen molar-refractivity contribution in [2.75, 3.05) is 19.8 Å². The van der Waals surface area contributed by atoms with Gasteiger partial charge in [0.15, 0.2) is 0 Å². The van der Waals surface area contributed by atoms with Crippen molar-refractivity contribution < 1.29 is 24.2 Å². The number of benzene rings is 2. The standard InChI is InChI=1S/C24H29NO5/c1-16(2)11-13-29-14-12-22(23(26)27)25-24(28)30-15-21-19-9-5-3-7-17(19)18-8-4-6-10-20(18)21/h3-10,16,21-22H,11-15H2,1-2H3,(H,25,28)(H,26,27). The molecule has 0 saturated heterocycles. The number of fused-ring (bicyclic) bond motifs is 3. The lowest BCUT2D eigenvalue weighted by Gasteiger charge is -2.17. The summed E-state index contributed by atoms with van der Waals surface area (Å²) in [5.41, 5.74) is 4.51. The summed E-state index contributed by atoms with van der Waals surface area (Å²) >= 11 is 0. The van der Waals surface area contributed by atoms with Gasteiger partial charge in [-0.3, -0.25) is 0 Å². The quantitative estimate of drug-likeness (QED) is 0.565. The first-order valence-electron chi connectivity index (χ1n) is 10.4. The lowest BCUT2D eigenvalue weighted by atomic mass is 9.98. The molecule has 3 rings (SSSR count). The van der Waals surface area contributed by atoms with Crippen LogP contribution in [0.25, 0.3) is 11.1 Å². The highest BCUT2D eigenvalue weighted by Crippen LogP contribution is 2.44. The molecule has 0 fully saturated rings. The Balaban J connectivity index is 1.54. The highest BCUT2D eigenvalue weighted by atomic mass is 16.5. The van der Waals surface area contributed by atoms with Gasteiger partial charge < -0.3 is 19.9 Å². The van der Waals surface area contributed by atoms with Gasteiger partial charge >= 0.3 is 12.1 Å². The molecule has 0 aromatic heterocycles. The van der Waals surface area contributed by atoms with Crippen LogP contribution in [0.2, 0.25) is 0 Å². The van der Waals surface area contributed by atoms with E-state index in [0.717, 1.165) is 28.7 Å². The van der Waals surface area contributed by atoms with Crippen molar-refractivity contribution in [3.63, 3.8) is 0 Å². The van der Waals surface area contributed by atoms with Crippen LogP contribution in [0.1, 0.15) is 43.7 Å². The van der Waals surface area contributed by atoms with E-state index in [-0.39, 0.29) is 25.6 Å². The number of carbonyl (C=O) groups excluding carboxylic acids is 1. The van der Waals surface area contributed by atoms with E-state index >= 15 is 0 Å². The van der Waals surface area contributed by atoms with Crippen LogP contribution < -0.4 is 5.32 Å². The van der Waals surface area contributed by atoms with Crippen molar-refractivity contribution in [1.29, 1.82) is 0 Å². The normalized spacial score (nSPS) is 13.6. The van der Waals surface area contributed by atoms with Gasteiger partial charge in [0.2, 0.25) is 0 Å². The number of hydrogen-bond donors (Lipinski definition) is 2. The third kappa shape index (κ3) is 5.39. The number of carboxylic acid groups (broad SMARTS) is 1. The molecule has 1 atom stereocenters. The SMILES string of the molecule is CC(C)CCOCCC(NC(=O)OCC1c2ccccc2-c2ccccc21)C(=O)O. The summed E-state index contributed by atoms with van der Waals surface area (Å²) < 4.78 is 10.9. The van der Waals surface area contributed by atoms with E-state index in [9.17, 15) is 14.7 Å². The number of hydrogen-bond acceptors (Lipinski definition) is 4. The molecule has 0 spiro atoms. The fourth-order valence-electron chi connectivity index (χ4n) is 3.66. The van der Waals surface area contributed by atoms with E-state index in [4.69, 9.17) is 9.47 Å². The Kier molecular flexibility index (Phi) is 7.46. The number of aliphatic carboxylic acids is 1. The lowest BCUT2D eigenvalue weighted by molar-refractivity contribution is -0.139. The largest absolute Gasteiger partial charge is 0.480 e. The average Bonchev–Trinajstić information content (AvgIpc) is 3.04. The summed E-state index contributed by atoms with van der Waals surface area (Å²) in [5.74, 6) is -0.638. The lowest BCUT2D eigenvalue weighted by Crippen LogP contribution is -2.42. The van der Waals surface area contributed by atoms with Crippen LogP contribution in [0.4, 0.5) is 4.79 Å². The monoisotopic (exact) mass is 411 g/mol. The van der Waals surface area contributed by atoms with Crippen LogP contribution in [0.5, 0.6) is 0 Å². The summed E-state index contributed by atoms with van der Waals surface area (Å²) in [4.78, 5) is 23.7. The molecule has 6 heteroatoms. The molecule has 6 nitrogen and oxygen atoms in total. The maximum Gasteiger partial charge on any atom is 0.407 e. The predicted octanol–water partition coefficient (Wildman–Crippen LogP) is 4.43. The van der Waals surface area contributed by atoms with Crippen molar-refractivity contribution in [3.8, 4) is 11.1 Å². The second-order valence-corrected chi connectivity index (χ2v) is 7.94. The maximum absolute atomic E-state index is 12.3. The van der Waals surface area contributed by atoms with Crippen LogP contribution in [-0.2, 0) is 14.3 Å². The van der Waals surface area contributed by atoms with Crippen molar-refractivity contribution in [2.24, 2.45) is 5.92 Å². The van der Waals surface area contributed by atoms with E-state index < -0.39 is 18.1 Å². The van der Waals surface area contributed by atoms with Gasteiger partial charge in [-0.1, -0.05) is 62.4 Å². The molecule has 0 heterocycles. The minimum Gasteiger partial charge on any atom is -0.480 e. The van der Waals surface area contributed by atoms with Gasteiger partial charge in [0, 0.05) is 25.6 Å². The number of alkyl carbamates (subject to hydrolysis) is 1. The van der Waals surface area contributed by atoms with Crippen LogP contribution in [-0.4, -0.2) is 43.0 Å². The molecule has 0 aliphatic heterocycles. The van der Waals surface area contributed by atoms with Crippen molar-refractivity contribution in [3.05, 3.63) is 59.7 Å². The summed E-state index contributed by atoms with van der Waals surface area (Å²) in [7, 11) is 0. The highest BCUT2D eigenvalue weighted by molar-refractivity contribution is 5.81. The molecule has 1 aliphatic rings. The zero-order valence-electron chi connectivity index (χ0n) is 17.5. The van der Waals surface area contributed by atoms with Crippen LogP contribution in [0.3, 0.4) is 0 Å². The third-order valence-electron chi connectivity index (χ3n) is 5.32. The Morgan fingerprint density at radius 3 is 2.10 bits per heavy atom. The molecular weight excluding hydrogens is 382 g/mol. The Bertz CT molecular complexity index is 834. The van der Waals surface area contributed by atoms with E-state index in [2.05, 4.69) is 31.3 Å². The zero-order chi connectivity index (χ0) is 21.5. The minimum absolute atomic E-state index is 0.0641. The molecule has 1 unspecified atom stereocenters. The van der Waals surface area contributed by atoms with Gasteiger partial charge in [0.25, 0.3) is 0 Å². The maximum atomic E-state index is 12.3. The van der Waals surface area contributed by atoms with Gasteiger partial charge in [0.05, 0.1) is 0 Å². The second kappa shape index (κ2) is 10.3. The molecule has 2 aromatic carbocycles. The van der Waals surface area contributed by atoms with Gasteiger partial charge in [-0.25, -0.2) is 9.59 Å². The fourth-order valence-corrected chi connectivity index (χ4v) is 3.66. The smallest absolute Gasteiger partial charge is 0.407 e. The molecule has 0 radical (unpaired) electrons. The Morgan fingerprint density at radius 1 is 0.967 bits per heavy atom. The van der Waals surface area contributed by atoms with E-state index in [1.807, 2.05) is 36.4 Å². The van der Waals surface area contributed by atoms with E-state index in [1.165, 1.54) is 0 Å². The first-order chi connectivity index (χ1) is 14.5. The van der Waals surface area contributed by atoms with Gasteiger partial charge in [-0.2, -0.15) is 0 Å². The zero-order valence-corrected chi connectivity index (χ0v) is 17.5. The fraction of sp³-hybridized carbons (Fsp3) is 0.417. The number of carboxylic acids is 1. The predicted molar refractivity (Wildman–Crippen MR) is 115 cm³/mol. The Labute approximate surface area is 177 Å². The average molecular weight is 411 g/mol. The first-order valence-corrected chi connectivity index (χ1v) is 10.4. The number of carbonyl (C=O) groups is 2. The Hall–Kier alpha value is -2.86. The molecule has 160 valence electrons. The minimum atomic E-state index is -1.10. The van der Waals surface area contributed by atoms with E-state index in [1.54, 1.807) is 0 Å². The summed E-state index contributed by atoms with van der Waals surface area (Å²) in [6.07, 6.45) is 0.376. The molecule has 0 saturated carbocycles.